The first-order valence-corrected chi connectivity index (χ1v) is 12.6. The third-order valence-electron chi connectivity index (χ3n) is 6.28. The zero-order valence-electron chi connectivity index (χ0n) is 18.4. The number of hydrogen-bond acceptors (Lipinski definition) is 4. The third kappa shape index (κ3) is 4.92. The molecule has 166 valence electrons. The molecule has 0 radical (unpaired) electrons. The van der Waals surface area contributed by atoms with Crippen LogP contribution in [0.5, 0.6) is 11.5 Å². The van der Waals surface area contributed by atoms with Gasteiger partial charge in [0.05, 0.1) is 0 Å². The second-order valence-corrected chi connectivity index (χ2v) is 10.7. The molecular formula is C24H35NO4S. The highest BCUT2D eigenvalue weighted by atomic mass is 32.2. The molecule has 2 unspecified atom stereocenters. The molecule has 0 saturated heterocycles. The Kier molecular flexibility index (Phi) is 6.98. The van der Waals surface area contributed by atoms with Gasteiger partial charge in [0.2, 0.25) is 10.0 Å². The minimum absolute atomic E-state index is 0.0356. The van der Waals surface area contributed by atoms with Crippen molar-refractivity contribution in [1.29, 1.82) is 0 Å². The second kappa shape index (κ2) is 9.15. The zero-order chi connectivity index (χ0) is 22.1. The number of benzene rings is 1. The Labute approximate surface area is 181 Å². The predicted octanol–water partition coefficient (Wildman–Crippen LogP) is 5.29. The minimum Gasteiger partial charge on any atom is -0.507 e. The van der Waals surface area contributed by atoms with Crippen LogP contribution in [0.3, 0.4) is 0 Å². The fraction of sp³-hybridized carbons (Fsp3) is 0.583. The molecule has 2 aliphatic carbocycles. The van der Waals surface area contributed by atoms with Crippen molar-refractivity contribution < 1.29 is 18.6 Å². The van der Waals surface area contributed by atoms with Gasteiger partial charge < -0.3 is 10.2 Å². The number of phenolic OH excluding ortho intramolecular Hbond substituents is 2. The van der Waals surface area contributed by atoms with Gasteiger partial charge in [-0.1, -0.05) is 43.6 Å². The molecule has 0 amide bonds. The van der Waals surface area contributed by atoms with Crippen LogP contribution in [0.4, 0.5) is 0 Å². The van der Waals surface area contributed by atoms with Crippen molar-refractivity contribution in [2.75, 3.05) is 0 Å². The monoisotopic (exact) mass is 433 g/mol. The Balaban J connectivity index is 2.15. The average molecular weight is 434 g/mol. The second-order valence-electron chi connectivity index (χ2n) is 9.03. The molecule has 2 aliphatic rings. The Hall–Kier alpha value is -1.79. The van der Waals surface area contributed by atoms with Gasteiger partial charge in [0.1, 0.15) is 16.4 Å². The lowest BCUT2D eigenvalue weighted by molar-refractivity contribution is 0.397. The number of phenols is 2. The fourth-order valence-electron chi connectivity index (χ4n) is 4.47. The van der Waals surface area contributed by atoms with Gasteiger partial charge in [-0.3, -0.25) is 0 Å². The summed E-state index contributed by atoms with van der Waals surface area (Å²) in [5, 5.41) is 22.2. The van der Waals surface area contributed by atoms with Gasteiger partial charge in [0.15, 0.2) is 0 Å². The van der Waals surface area contributed by atoms with Gasteiger partial charge in [0, 0.05) is 17.5 Å². The molecule has 3 rings (SSSR count). The van der Waals surface area contributed by atoms with Gasteiger partial charge in [-0.15, -0.1) is 0 Å². The van der Waals surface area contributed by atoms with Crippen LogP contribution < -0.4 is 4.72 Å². The van der Waals surface area contributed by atoms with Crippen molar-refractivity contribution in [2.45, 2.75) is 89.0 Å². The normalized spacial score (nSPS) is 22.0. The number of sulfonamides is 1. The highest BCUT2D eigenvalue weighted by molar-refractivity contribution is 7.89. The van der Waals surface area contributed by atoms with Crippen LogP contribution in [0.15, 0.2) is 34.8 Å². The quantitative estimate of drug-likeness (QED) is 0.365. The molecular weight excluding hydrogens is 398 g/mol. The summed E-state index contributed by atoms with van der Waals surface area (Å²) in [5.41, 5.74) is 2.93. The molecule has 1 aromatic carbocycles. The molecule has 30 heavy (non-hydrogen) atoms. The molecule has 6 heteroatoms. The lowest BCUT2D eigenvalue weighted by Gasteiger charge is -2.32. The predicted molar refractivity (Wildman–Crippen MR) is 120 cm³/mol. The molecule has 0 aromatic heterocycles. The molecule has 1 aromatic rings. The van der Waals surface area contributed by atoms with E-state index in [0.29, 0.717) is 17.5 Å². The molecule has 0 spiro atoms. The number of allylic oxidation sites excluding steroid dienone is 3. The molecule has 1 saturated carbocycles. The summed E-state index contributed by atoms with van der Waals surface area (Å²) in [7, 11) is -3.88. The number of aromatic hydroxyl groups is 2. The van der Waals surface area contributed by atoms with E-state index in [4.69, 9.17) is 0 Å². The summed E-state index contributed by atoms with van der Waals surface area (Å²) in [6.07, 6.45) is 8.74. The molecule has 0 bridgehead atoms. The molecule has 0 aliphatic heterocycles. The van der Waals surface area contributed by atoms with Crippen LogP contribution in [0.1, 0.15) is 82.8 Å². The first-order chi connectivity index (χ1) is 14.2. The standard InChI is InChI=1S/C24H35NO4S/c1-5-6-7-8-17-14-21(26)22(20-13-16(4)9-12-19(20)15(2)3)23(27)24(17)30(28,29)25-18-10-11-18/h13-14,18-20,25-27H,2,5-12H2,1,3-4H3. The Bertz CT molecular complexity index is 944. The lowest BCUT2D eigenvalue weighted by Crippen LogP contribution is -2.27. The van der Waals surface area contributed by atoms with Crippen LogP contribution >= 0.6 is 0 Å². The summed E-state index contributed by atoms with van der Waals surface area (Å²) in [6.45, 7) is 10.2. The summed E-state index contributed by atoms with van der Waals surface area (Å²) in [6, 6.07) is 1.49. The number of aryl methyl sites for hydroxylation is 1. The summed E-state index contributed by atoms with van der Waals surface area (Å²) >= 11 is 0. The molecule has 1 fully saturated rings. The smallest absolute Gasteiger partial charge is 0.244 e. The van der Waals surface area contributed by atoms with Gasteiger partial charge in [-0.2, -0.15) is 0 Å². The zero-order valence-corrected chi connectivity index (χ0v) is 19.2. The van der Waals surface area contributed by atoms with E-state index in [9.17, 15) is 18.6 Å². The minimum atomic E-state index is -3.88. The van der Waals surface area contributed by atoms with E-state index in [1.807, 2.05) is 19.9 Å². The average Bonchev–Trinajstić information content (AvgIpc) is 3.44. The van der Waals surface area contributed by atoms with Crippen LogP contribution in [-0.4, -0.2) is 24.7 Å². The van der Waals surface area contributed by atoms with Crippen molar-refractivity contribution >= 4 is 10.0 Å². The van der Waals surface area contributed by atoms with Gasteiger partial charge in [0.25, 0.3) is 0 Å². The molecule has 3 N–H and O–H groups in total. The first kappa shape index (κ1) is 22.9. The number of hydrogen-bond donors (Lipinski definition) is 3. The van der Waals surface area contributed by atoms with Crippen molar-refractivity contribution in [3.63, 3.8) is 0 Å². The van der Waals surface area contributed by atoms with E-state index < -0.39 is 10.0 Å². The molecule has 0 heterocycles. The van der Waals surface area contributed by atoms with Crippen LogP contribution in [0.25, 0.3) is 0 Å². The number of unbranched alkanes of at least 4 members (excludes halogenated alkanes) is 2. The summed E-state index contributed by atoms with van der Waals surface area (Å²) in [5.74, 6) is -0.595. The summed E-state index contributed by atoms with van der Waals surface area (Å²) < 4.78 is 29.1. The Morgan fingerprint density at radius 2 is 1.93 bits per heavy atom. The number of nitrogens with one attached hydrogen (secondary N) is 1. The maximum atomic E-state index is 13.2. The van der Waals surface area contributed by atoms with Gasteiger partial charge >= 0.3 is 0 Å². The van der Waals surface area contributed by atoms with Crippen molar-refractivity contribution in [1.82, 2.24) is 4.72 Å². The van der Waals surface area contributed by atoms with E-state index in [1.165, 1.54) is 5.57 Å². The van der Waals surface area contributed by atoms with Crippen molar-refractivity contribution in [2.24, 2.45) is 5.92 Å². The lowest BCUT2D eigenvalue weighted by atomic mass is 9.73. The van der Waals surface area contributed by atoms with E-state index in [0.717, 1.165) is 50.5 Å². The van der Waals surface area contributed by atoms with Gasteiger partial charge in [-0.05, 0) is 69.9 Å². The summed E-state index contributed by atoms with van der Waals surface area (Å²) in [4.78, 5) is -0.0598. The van der Waals surface area contributed by atoms with E-state index in [-0.39, 0.29) is 34.3 Å². The fourth-order valence-corrected chi connectivity index (χ4v) is 6.13. The maximum absolute atomic E-state index is 13.2. The maximum Gasteiger partial charge on any atom is 0.244 e. The van der Waals surface area contributed by atoms with Gasteiger partial charge in [-0.25, -0.2) is 13.1 Å². The highest BCUT2D eigenvalue weighted by Crippen LogP contribution is 2.49. The van der Waals surface area contributed by atoms with Crippen LogP contribution in [0.2, 0.25) is 0 Å². The van der Waals surface area contributed by atoms with Crippen LogP contribution in [-0.2, 0) is 16.4 Å². The molecule has 2 atom stereocenters. The topological polar surface area (TPSA) is 86.6 Å². The SMILES string of the molecule is C=C(C)C1CCC(C)=CC1c1c(O)cc(CCCCC)c(S(=O)(=O)NC2CC2)c1O. The third-order valence-corrected chi connectivity index (χ3v) is 7.92. The Morgan fingerprint density at radius 1 is 1.23 bits per heavy atom. The van der Waals surface area contributed by atoms with E-state index in [2.05, 4.69) is 18.2 Å². The van der Waals surface area contributed by atoms with E-state index >= 15 is 0 Å². The number of rotatable bonds is 9. The first-order valence-electron chi connectivity index (χ1n) is 11.1. The van der Waals surface area contributed by atoms with Crippen molar-refractivity contribution in [3.8, 4) is 11.5 Å². The van der Waals surface area contributed by atoms with E-state index in [1.54, 1.807) is 6.07 Å². The largest absolute Gasteiger partial charge is 0.507 e. The Morgan fingerprint density at radius 3 is 2.53 bits per heavy atom. The molecule has 5 nitrogen and oxygen atoms in total. The van der Waals surface area contributed by atoms with Crippen LogP contribution in [0, 0.1) is 5.92 Å². The highest BCUT2D eigenvalue weighted by Gasteiger charge is 2.36. The van der Waals surface area contributed by atoms with Crippen molar-refractivity contribution in [3.05, 3.63) is 41.0 Å².